The van der Waals surface area contributed by atoms with Gasteiger partial charge in [-0.05, 0) is 43.8 Å². The van der Waals surface area contributed by atoms with Gasteiger partial charge in [-0.1, -0.05) is 58.3 Å². The van der Waals surface area contributed by atoms with Crippen LogP contribution in [0, 0.1) is 5.92 Å². The number of rotatable bonds is 14. The van der Waals surface area contributed by atoms with E-state index in [2.05, 4.69) is 18.7 Å². The van der Waals surface area contributed by atoms with Crippen molar-refractivity contribution in [2.45, 2.75) is 102 Å². The fourth-order valence-corrected chi connectivity index (χ4v) is 5.08. The van der Waals surface area contributed by atoms with Crippen LogP contribution in [0.2, 0.25) is 0 Å². The molecule has 0 unspecified atom stereocenters. The van der Waals surface area contributed by atoms with E-state index in [0.717, 1.165) is 24.0 Å². The normalized spacial score (nSPS) is 21.3. The van der Waals surface area contributed by atoms with Crippen molar-refractivity contribution in [2.24, 2.45) is 5.92 Å². The summed E-state index contributed by atoms with van der Waals surface area (Å²) in [6.45, 7) is 2.28. The third kappa shape index (κ3) is 9.76. The lowest BCUT2D eigenvalue weighted by Gasteiger charge is -2.19. The van der Waals surface area contributed by atoms with E-state index in [-0.39, 0.29) is 0 Å². The SMILES string of the molecule is CCCCCCCS[C@H]1CCC[C@@H]1CCCCCCC(=O)O. The summed E-state index contributed by atoms with van der Waals surface area (Å²) in [7, 11) is 0. The average Bonchev–Trinajstić information content (AvgIpc) is 2.93. The molecule has 0 spiro atoms. The summed E-state index contributed by atoms with van der Waals surface area (Å²) in [5.41, 5.74) is 0. The molecule has 0 radical (unpaired) electrons. The van der Waals surface area contributed by atoms with E-state index in [4.69, 9.17) is 5.11 Å². The molecule has 130 valence electrons. The predicted molar refractivity (Wildman–Crippen MR) is 97.7 cm³/mol. The smallest absolute Gasteiger partial charge is 0.303 e. The third-order valence-electron chi connectivity index (χ3n) is 4.88. The second-order valence-corrected chi connectivity index (χ2v) is 8.21. The maximum absolute atomic E-state index is 10.5. The zero-order valence-electron chi connectivity index (χ0n) is 14.5. The number of unbranched alkanes of at least 4 members (excludes halogenated alkanes) is 7. The van der Waals surface area contributed by atoms with E-state index < -0.39 is 5.97 Å². The monoisotopic (exact) mass is 328 g/mol. The second-order valence-electron chi connectivity index (χ2n) is 6.86. The van der Waals surface area contributed by atoms with E-state index in [1.54, 1.807) is 0 Å². The van der Waals surface area contributed by atoms with E-state index in [9.17, 15) is 4.79 Å². The van der Waals surface area contributed by atoms with Gasteiger partial charge in [0.05, 0.1) is 0 Å². The first-order chi connectivity index (χ1) is 10.7. The minimum Gasteiger partial charge on any atom is -0.481 e. The summed E-state index contributed by atoms with van der Waals surface area (Å²) < 4.78 is 0. The van der Waals surface area contributed by atoms with Crippen LogP contribution in [0.3, 0.4) is 0 Å². The Morgan fingerprint density at radius 2 is 1.73 bits per heavy atom. The number of carbonyl (C=O) groups is 1. The Kier molecular flexibility index (Phi) is 12.0. The fraction of sp³-hybridized carbons (Fsp3) is 0.947. The molecule has 2 nitrogen and oxygen atoms in total. The summed E-state index contributed by atoms with van der Waals surface area (Å²) in [5.74, 6) is 1.66. The van der Waals surface area contributed by atoms with Gasteiger partial charge in [0.25, 0.3) is 0 Å². The molecule has 0 amide bonds. The molecule has 1 N–H and O–H groups in total. The Balaban J connectivity index is 1.99. The molecule has 1 aliphatic carbocycles. The summed E-state index contributed by atoms with van der Waals surface area (Å²) in [6, 6.07) is 0. The molecule has 3 heteroatoms. The Bertz CT molecular complexity index is 281. The van der Waals surface area contributed by atoms with Gasteiger partial charge in [0, 0.05) is 11.7 Å². The Hall–Kier alpha value is -0.180. The van der Waals surface area contributed by atoms with Gasteiger partial charge in [0.1, 0.15) is 0 Å². The predicted octanol–water partition coefficient (Wildman–Crippen LogP) is 6.28. The van der Waals surface area contributed by atoms with Crippen LogP contribution in [0.4, 0.5) is 0 Å². The van der Waals surface area contributed by atoms with E-state index in [1.807, 2.05) is 0 Å². The number of carboxylic acid groups (broad SMARTS) is 1. The quantitative estimate of drug-likeness (QED) is 0.381. The molecule has 1 rings (SSSR count). The summed E-state index contributed by atoms with van der Waals surface area (Å²) in [6.07, 6.45) is 17.5. The van der Waals surface area contributed by atoms with Crippen molar-refractivity contribution in [3.8, 4) is 0 Å². The molecule has 1 fully saturated rings. The van der Waals surface area contributed by atoms with Crippen LogP contribution in [0.1, 0.15) is 96.8 Å². The first kappa shape index (κ1) is 19.9. The molecule has 0 aliphatic heterocycles. The first-order valence-electron chi connectivity index (χ1n) is 9.57. The molecule has 0 aromatic carbocycles. The van der Waals surface area contributed by atoms with Gasteiger partial charge in [-0.25, -0.2) is 0 Å². The molecule has 1 saturated carbocycles. The van der Waals surface area contributed by atoms with Crippen molar-refractivity contribution in [1.29, 1.82) is 0 Å². The minimum atomic E-state index is -0.647. The highest BCUT2D eigenvalue weighted by molar-refractivity contribution is 7.99. The molecule has 0 aromatic rings. The number of thioether (sulfide) groups is 1. The molecule has 22 heavy (non-hydrogen) atoms. The second kappa shape index (κ2) is 13.3. The Morgan fingerprint density at radius 1 is 1.00 bits per heavy atom. The minimum absolute atomic E-state index is 0.347. The average molecular weight is 329 g/mol. The topological polar surface area (TPSA) is 37.3 Å². The van der Waals surface area contributed by atoms with Crippen LogP contribution in [-0.2, 0) is 4.79 Å². The van der Waals surface area contributed by atoms with Gasteiger partial charge >= 0.3 is 5.97 Å². The highest BCUT2D eigenvalue weighted by Gasteiger charge is 2.26. The molecule has 0 aromatic heterocycles. The van der Waals surface area contributed by atoms with Gasteiger partial charge in [-0.3, -0.25) is 4.79 Å². The summed E-state index contributed by atoms with van der Waals surface area (Å²) in [5, 5.41) is 9.55. The van der Waals surface area contributed by atoms with Gasteiger partial charge in [-0.2, -0.15) is 11.8 Å². The van der Waals surface area contributed by atoms with Crippen LogP contribution < -0.4 is 0 Å². The fourth-order valence-electron chi connectivity index (χ4n) is 3.53. The van der Waals surface area contributed by atoms with Gasteiger partial charge < -0.3 is 5.11 Å². The molecule has 0 bridgehead atoms. The summed E-state index contributed by atoms with van der Waals surface area (Å²) in [4.78, 5) is 10.5. The number of hydrogen-bond acceptors (Lipinski definition) is 2. The zero-order chi connectivity index (χ0) is 16.0. The summed E-state index contributed by atoms with van der Waals surface area (Å²) >= 11 is 2.24. The van der Waals surface area contributed by atoms with E-state index >= 15 is 0 Å². The molecule has 0 saturated heterocycles. The van der Waals surface area contributed by atoms with E-state index in [1.165, 1.54) is 76.4 Å². The maximum atomic E-state index is 10.5. The molecule has 1 aliphatic rings. The van der Waals surface area contributed by atoms with Crippen LogP contribution in [0.25, 0.3) is 0 Å². The Labute approximate surface area is 141 Å². The van der Waals surface area contributed by atoms with Crippen LogP contribution in [0.5, 0.6) is 0 Å². The third-order valence-corrected chi connectivity index (χ3v) is 6.46. The first-order valence-corrected chi connectivity index (χ1v) is 10.6. The molecular weight excluding hydrogens is 292 g/mol. The largest absolute Gasteiger partial charge is 0.481 e. The van der Waals surface area contributed by atoms with E-state index in [0.29, 0.717) is 6.42 Å². The van der Waals surface area contributed by atoms with Crippen LogP contribution >= 0.6 is 11.8 Å². The van der Waals surface area contributed by atoms with Gasteiger partial charge in [-0.15, -0.1) is 0 Å². The standard InChI is InChI=1S/C19H36O2S/c1-2-3-4-7-10-16-22-18-14-11-13-17(18)12-8-5-6-9-15-19(20)21/h17-18H,2-16H2,1H3,(H,20,21)/t17-,18-/m0/s1. The van der Waals surface area contributed by atoms with Crippen molar-refractivity contribution in [3.63, 3.8) is 0 Å². The van der Waals surface area contributed by atoms with Crippen molar-refractivity contribution in [3.05, 3.63) is 0 Å². The molecule has 2 atom stereocenters. The number of carboxylic acids is 1. The number of aliphatic carboxylic acids is 1. The van der Waals surface area contributed by atoms with Gasteiger partial charge in [0.2, 0.25) is 0 Å². The number of hydrogen-bond donors (Lipinski definition) is 1. The van der Waals surface area contributed by atoms with Crippen molar-refractivity contribution in [1.82, 2.24) is 0 Å². The lowest BCUT2D eigenvalue weighted by Crippen LogP contribution is -2.11. The van der Waals surface area contributed by atoms with Crippen molar-refractivity contribution < 1.29 is 9.90 Å². The highest BCUT2D eigenvalue weighted by Crippen LogP contribution is 2.38. The maximum Gasteiger partial charge on any atom is 0.303 e. The lowest BCUT2D eigenvalue weighted by atomic mass is 9.99. The molecule has 0 heterocycles. The zero-order valence-corrected chi connectivity index (χ0v) is 15.3. The Morgan fingerprint density at radius 3 is 2.50 bits per heavy atom. The van der Waals surface area contributed by atoms with Gasteiger partial charge in [0.15, 0.2) is 0 Å². The van der Waals surface area contributed by atoms with Crippen molar-refractivity contribution in [2.75, 3.05) is 5.75 Å². The highest BCUT2D eigenvalue weighted by atomic mass is 32.2. The molecular formula is C19H36O2S. The van der Waals surface area contributed by atoms with Crippen LogP contribution in [-0.4, -0.2) is 22.1 Å². The van der Waals surface area contributed by atoms with Crippen LogP contribution in [0.15, 0.2) is 0 Å². The van der Waals surface area contributed by atoms with Crippen molar-refractivity contribution >= 4 is 17.7 Å². The lowest BCUT2D eigenvalue weighted by molar-refractivity contribution is -0.137.